The topological polar surface area (TPSA) is 75.6 Å². The normalized spacial score (nSPS) is 25.5. The van der Waals surface area contributed by atoms with Gasteiger partial charge in [-0.15, -0.1) is 0 Å². The number of carbonyl (C=O) groups excluding carboxylic acids is 1. The van der Waals surface area contributed by atoms with E-state index in [1.807, 2.05) is 24.3 Å². The molecule has 5 nitrogen and oxygen atoms in total. The summed E-state index contributed by atoms with van der Waals surface area (Å²) < 4.78 is 5.38. The number of ether oxygens (including phenoxy) is 1. The quantitative estimate of drug-likeness (QED) is 0.873. The third-order valence-electron chi connectivity index (χ3n) is 4.92. The van der Waals surface area contributed by atoms with Gasteiger partial charge in [-0.2, -0.15) is 0 Å². The van der Waals surface area contributed by atoms with Gasteiger partial charge < -0.3 is 15.2 Å². The first-order valence-corrected chi connectivity index (χ1v) is 7.74. The minimum Gasteiger partial charge on any atom is -0.496 e. The first-order valence-electron chi connectivity index (χ1n) is 7.74. The molecule has 118 valence electrons. The lowest BCUT2D eigenvalue weighted by Gasteiger charge is -2.21. The predicted octanol–water partition coefficient (Wildman–Crippen LogP) is 2.10. The zero-order valence-corrected chi connectivity index (χ0v) is 12.7. The van der Waals surface area contributed by atoms with Crippen LogP contribution >= 0.6 is 0 Å². The fraction of sp³-hybridized carbons (Fsp3) is 0.529. The highest BCUT2D eigenvalue weighted by molar-refractivity contribution is 5.92. The van der Waals surface area contributed by atoms with Crippen LogP contribution in [0.1, 0.15) is 37.7 Å². The van der Waals surface area contributed by atoms with Crippen molar-refractivity contribution in [3.8, 4) is 5.75 Å². The van der Waals surface area contributed by atoms with Crippen molar-refractivity contribution in [2.45, 2.75) is 43.6 Å². The minimum atomic E-state index is -0.761. The van der Waals surface area contributed by atoms with Crippen LogP contribution in [0.5, 0.6) is 5.75 Å². The third kappa shape index (κ3) is 2.56. The summed E-state index contributed by atoms with van der Waals surface area (Å²) >= 11 is 0. The summed E-state index contributed by atoms with van der Waals surface area (Å²) in [4.78, 5) is 23.7. The molecule has 0 saturated heterocycles. The number of amides is 1. The Kier molecular flexibility index (Phi) is 3.81. The van der Waals surface area contributed by atoms with E-state index in [1.54, 1.807) is 7.11 Å². The van der Waals surface area contributed by atoms with Crippen LogP contribution in [-0.2, 0) is 15.0 Å². The molecule has 1 aromatic carbocycles. The molecule has 22 heavy (non-hydrogen) atoms. The summed E-state index contributed by atoms with van der Waals surface area (Å²) in [6.45, 7) is 0. The summed E-state index contributed by atoms with van der Waals surface area (Å²) in [5.41, 5.74) is 0.441. The number of carbonyl (C=O) groups is 2. The zero-order valence-electron chi connectivity index (χ0n) is 12.7. The van der Waals surface area contributed by atoms with E-state index >= 15 is 0 Å². The van der Waals surface area contributed by atoms with Gasteiger partial charge >= 0.3 is 5.97 Å². The van der Waals surface area contributed by atoms with Gasteiger partial charge in [-0.05, 0) is 38.2 Å². The molecule has 0 spiro atoms. The molecule has 1 amide bonds. The van der Waals surface area contributed by atoms with Crippen molar-refractivity contribution >= 4 is 11.9 Å². The number of aliphatic carboxylic acids is 1. The van der Waals surface area contributed by atoms with Crippen molar-refractivity contribution in [3.05, 3.63) is 29.8 Å². The molecule has 0 bridgehead atoms. The van der Waals surface area contributed by atoms with Crippen molar-refractivity contribution in [1.29, 1.82) is 0 Å². The van der Waals surface area contributed by atoms with Gasteiger partial charge in [-0.1, -0.05) is 18.2 Å². The van der Waals surface area contributed by atoms with Crippen molar-refractivity contribution < 1.29 is 19.4 Å². The molecule has 0 aromatic heterocycles. The Morgan fingerprint density at radius 1 is 1.27 bits per heavy atom. The highest BCUT2D eigenvalue weighted by Crippen LogP contribution is 2.51. The fourth-order valence-electron chi connectivity index (χ4n) is 3.44. The predicted molar refractivity (Wildman–Crippen MR) is 80.8 cm³/mol. The second-order valence-corrected chi connectivity index (χ2v) is 6.30. The van der Waals surface area contributed by atoms with Gasteiger partial charge in [0.2, 0.25) is 5.91 Å². The molecule has 0 radical (unpaired) electrons. The summed E-state index contributed by atoms with van der Waals surface area (Å²) in [6.07, 6.45) is 3.54. The first kappa shape index (κ1) is 14.9. The van der Waals surface area contributed by atoms with E-state index in [4.69, 9.17) is 9.84 Å². The van der Waals surface area contributed by atoms with Crippen LogP contribution in [0.3, 0.4) is 0 Å². The van der Waals surface area contributed by atoms with E-state index < -0.39 is 11.4 Å². The van der Waals surface area contributed by atoms with Crippen molar-refractivity contribution in [2.24, 2.45) is 5.92 Å². The van der Waals surface area contributed by atoms with Gasteiger partial charge in [0.15, 0.2) is 0 Å². The van der Waals surface area contributed by atoms with Crippen LogP contribution in [0.2, 0.25) is 0 Å². The monoisotopic (exact) mass is 303 g/mol. The summed E-state index contributed by atoms with van der Waals surface area (Å²) in [5.74, 6) is -0.340. The summed E-state index contributed by atoms with van der Waals surface area (Å²) in [6, 6.07) is 7.60. The number of para-hydroxylation sites is 1. The van der Waals surface area contributed by atoms with E-state index in [0.29, 0.717) is 12.8 Å². The number of benzene rings is 1. The van der Waals surface area contributed by atoms with Gasteiger partial charge in [-0.25, -0.2) is 0 Å². The number of hydrogen-bond acceptors (Lipinski definition) is 3. The molecule has 2 aliphatic carbocycles. The number of methoxy groups -OCH3 is 1. The average Bonchev–Trinajstić information content (AvgIpc) is 3.20. The fourth-order valence-corrected chi connectivity index (χ4v) is 3.44. The maximum absolute atomic E-state index is 12.7. The number of rotatable bonds is 5. The number of carboxylic acid groups (broad SMARTS) is 1. The average molecular weight is 303 g/mol. The highest BCUT2D eigenvalue weighted by Gasteiger charge is 2.53. The molecule has 2 atom stereocenters. The number of nitrogens with one attached hydrogen (secondary N) is 1. The van der Waals surface area contributed by atoms with Crippen molar-refractivity contribution in [3.63, 3.8) is 0 Å². The van der Waals surface area contributed by atoms with E-state index in [2.05, 4.69) is 5.32 Å². The maximum Gasteiger partial charge on any atom is 0.306 e. The molecule has 2 saturated carbocycles. The second-order valence-electron chi connectivity index (χ2n) is 6.30. The molecular formula is C17H21NO4. The molecule has 2 fully saturated rings. The van der Waals surface area contributed by atoms with Crippen LogP contribution in [0, 0.1) is 5.92 Å². The van der Waals surface area contributed by atoms with Gasteiger partial charge in [-0.3, -0.25) is 9.59 Å². The largest absolute Gasteiger partial charge is 0.496 e. The lowest BCUT2D eigenvalue weighted by atomic mass is 9.93. The third-order valence-corrected chi connectivity index (χ3v) is 4.92. The van der Waals surface area contributed by atoms with E-state index in [-0.39, 0.29) is 17.9 Å². The number of carboxylic acids is 1. The van der Waals surface area contributed by atoms with Crippen molar-refractivity contribution in [1.82, 2.24) is 5.32 Å². The van der Waals surface area contributed by atoms with Crippen LogP contribution in [0.25, 0.3) is 0 Å². The number of hydrogen-bond donors (Lipinski definition) is 2. The minimum absolute atomic E-state index is 0.00744. The highest BCUT2D eigenvalue weighted by atomic mass is 16.5. The Morgan fingerprint density at radius 3 is 2.59 bits per heavy atom. The summed E-state index contributed by atoms with van der Waals surface area (Å²) in [7, 11) is 1.61. The van der Waals surface area contributed by atoms with Gasteiger partial charge in [0.05, 0.1) is 18.4 Å². The lowest BCUT2D eigenvalue weighted by Crippen LogP contribution is -2.40. The molecule has 5 heteroatoms. The Labute approximate surface area is 129 Å². The summed E-state index contributed by atoms with van der Waals surface area (Å²) in [5, 5.41) is 12.1. The first-order chi connectivity index (χ1) is 10.6. The molecule has 0 heterocycles. The molecule has 2 aliphatic rings. The van der Waals surface area contributed by atoms with E-state index in [0.717, 1.165) is 30.6 Å². The van der Waals surface area contributed by atoms with Crippen LogP contribution < -0.4 is 10.1 Å². The van der Waals surface area contributed by atoms with E-state index in [1.165, 1.54) is 0 Å². The molecule has 2 N–H and O–H groups in total. The SMILES string of the molecule is COc1ccccc1C1(C(=O)N[C@@H]2CC[C@H](C(=O)O)C2)CC1. The molecule has 3 rings (SSSR count). The lowest BCUT2D eigenvalue weighted by molar-refractivity contribution is -0.141. The van der Waals surface area contributed by atoms with Crippen molar-refractivity contribution in [2.75, 3.05) is 7.11 Å². The zero-order chi connectivity index (χ0) is 15.7. The molecule has 0 aliphatic heterocycles. The standard InChI is InChI=1S/C17H21NO4/c1-22-14-5-3-2-4-13(14)17(8-9-17)16(21)18-12-7-6-11(10-12)15(19)20/h2-5,11-12H,6-10H2,1H3,(H,18,21)(H,19,20)/t11-,12+/m0/s1. The van der Waals surface area contributed by atoms with Crippen LogP contribution in [0.4, 0.5) is 0 Å². The molecular weight excluding hydrogens is 282 g/mol. The second kappa shape index (κ2) is 5.63. The van der Waals surface area contributed by atoms with E-state index in [9.17, 15) is 9.59 Å². The Bertz CT molecular complexity index is 594. The Hall–Kier alpha value is -2.04. The van der Waals surface area contributed by atoms with Gasteiger partial charge in [0.1, 0.15) is 5.75 Å². The maximum atomic E-state index is 12.7. The van der Waals surface area contributed by atoms with Gasteiger partial charge in [0.25, 0.3) is 0 Å². The van der Waals surface area contributed by atoms with Crippen LogP contribution in [-0.4, -0.2) is 30.1 Å². The van der Waals surface area contributed by atoms with Crippen LogP contribution in [0.15, 0.2) is 24.3 Å². The smallest absolute Gasteiger partial charge is 0.306 e. The molecule has 0 unspecified atom stereocenters. The Morgan fingerprint density at radius 2 is 2.00 bits per heavy atom. The Balaban J connectivity index is 1.71. The molecule has 1 aromatic rings. The van der Waals surface area contributed by atoms with Gasteiger partial charge in [0, 0.05) is 11.6 Å².